The molecule has 2 atom stereocenters. The van der Waals surface area contributed by atoms with Crippen LogP contribution in [-0.2, 0) is 4.79 Å². The Kier molecular flexibility index (Phi) is 6.31. The van der Waals surface area contributed by atoms with E-state index in [0.717, 1.165) is 10.0 Å². The van der Waals surface area contributed by atoms with Gasteiger partial charge in [0.25, 0.3) is 5.91 Å². The van der Waals surface area contributed by atoms with Crippen molar-refractivity contribution in [3.8, 4) is 5.75 Å². The van der Waals surface area contributed by atoms with Gasteiger partial charge in [-0.15, -0.1) is 0 Å². The fourth-order valence-corrected chi connectivity index (χ4v) is 2.03. The summed E-state index contributed by atoms with van der Waals surface area (Å²) in [6, 6.07) is 6.01. The Morgan fingerprint density at radius 3 is 2.68 bits per heavy atom. The normalized spacial score (nSPS) is 13.7. The molecule has 1 rings (SSSR count). The van der Waals surface area contributed by atoms with Gasteiger partial charge >= 0.3 is 0 Å². The third-order valence-electron chi connectivity index (χ3n) is 2.84. The molecule has 0 bridgehead atoms. The van der Waals surface area contributed by atoms with Crippen molar-refractivity contribution in [3.63, 3.8) is 0 Å². The van der Waals surface area contributed by atoms with Gasteiger partial charge in [0.2, 0.25) is 0 Å². The standard InChI is InChI=1S/C14H21BrN2O2/c1-9-5-6-13(12(15)7-9)19-11(3)14(18)17-8-10(2)16-4/h5-7,10-11,16H,8H2,1-4H3,(H,17,18). The van der Waals surface area contributed by atoms with E-state index in [1.165, 1.54) is 0 Å². The Labute approximate surface area is 123 Å². The smallest absolute Gasteiger partial charge is 0.260 e. The predicted molar refractivity (Wildman–Crippen MR) is 80.5 cm³/mol. The Morgan fingerprint density at radius 2 is 2.11 bits per heavy atom. The molecule has 0 saturated heterocycles. The van der Waals surface area contributed by atoms with Crippen LogP contribution in [0.2, 0.25) is 0 Å². The lowest BCUT2D eigenvalue weighted by molar-refractivity contribution is -0.127. The molecule has 2 unspecified atom stereocenters. The summed E-state index contributed by atoms with van der Waals surface area (Å²) in [5.41, 5.74) is 1.14. The maximum Gasteiger partial charge on any atom is 0.260 e. The molecule has 2 N–H and O–H groups in total. The highest BCUT2D eigenvalue weighted by Crippen LogP contribution is 2.26. The molecule has 0 aliphatic carbocycles. The summed E-state index contributed by atoms with van der Waals surface area (Å²) >= 11 is 3.43. The second-order valence-electron chi connectivity index (χ2n) is 4.63. The number of ether oxygens (including phenoxy) is 1. The number of benzene rings is 1. The van der Waals surface area contributed by atoms with Gasteiger partial charge in [-0.25, -0.2) is 0 Å². The van der Waals surface area contributed by atoms with Crippen LogP contribution in [0.25, 0.3) is 0 Å². The topological polar surface area (TPSA) is 50.4 Å². The van der Waals surface area contributed by atoms with E-state index in [0.29, 0.717) is 12.3 Å². The first-order valence-electron chi connectivity index (χ1n) is 6.31. The molecule has 5 heteroatoms. The molecule has 106 valence electrons. The minimum absolute atomic E-state index is 0.116. The largest absolute Gasteiger partial charge is 0.480 e. The van der Waals surface area contributed by atoms with Crippen molar-refractivity contribution in [1.29, 1.82) is 0 Å². The lowest BCUT2D eigenvalue weighted by Gasteiger charge is -2.17. The van der Waals surface area contributed by atoms with Crippen molar-refractivity contribution in [2.75, 3.05) is 13.6 Å². The summed E-state index contributed by atoms with van der Waals surface area (Å²) in [6.45, 7) is 6.33. The summed E-state index contributed by atoms with van der Waals surface area (Å²) < 4.78 is 6.51. The zero-order chi connectivity index (χ0) is 14.4. The number of nitrogens with one attached hydrogen (secondary N) is 2. The van der Waals surface area contributed by atoms with Crippen molar-refractivity contribution in [2.24, 2.45) is 0 Å². The van der Waals surface area contributed by atoms with Crippen LogP contribution in [0.15, 0.2) is 22.7 Å². The van der Waals surface area contributed by atoms with Crippen molar-refractivity contribution in [2.45, 2.75) is 32.9 Å². The van der Waals surface area contributed by atoms with E-state index in [1.54, 1.807) is 6.92 Å². The molecule has 1 amide bonds. The Morgan fingerprint density at radius 1 is 1.42 bits per heavy atom. The van der Waals surface area contributed by atoms with Gasteiger partial charge in [-0.3, -0.25) is 4.79 Å². The van der Waals surface area contributed by atoms with Crippen LogP contribution >= 0.6 is 15.9 Å². The number of carbonyl (C=O) groups excluding carboxylic acids is 1. The van der Waals surface area contributed by atoms with Gasteiger partial charge in [0.05, 0.1) is 4.47 Å². The van der Waals surface area contributed by atoms with Crippen LogP contribution in [0.1, 0.15) is 19.4 Å². The highest BCUT2D eigenvalue weighted by molar-refractivity contribution is 9.10. The number of amides is 1. The van der Waals surface area contributed by atoms with Gasteiger partial charge in [0.15, 0.2) is 6.10 Å². The molecule has 1 aromatic rings. The lowest BCUT2D eigenvalue weighted by Crippen LogP contribution is -2.42. The van der Waals surface area contributed by atoms with Crippen LogP contribution in [0, 0.1) is 6.92 Å². The minimum atomic E-state index is -0.525. The van der Waals surface area contributed by atoms with Crippen molar-refractivity contribution in [1.82, 2.24) is 10.6 Å². The molecule has 4 nitrogen and oxygen atoms in total. The molecule has 0 heterocycles. The molecule has 0 radical (unpaired) electrons. The average Bonchev–Trinajstić information content (AvgIpc) is 2.38. The van der Waals surface area contributed by atoms with Gasteiger partial charge in [0, 0.05) is 12.6 Å². The van der Waals surface area contributed by atoms with E-state index in [2.05, 4.69) is 26.6 Å². The number of likely N-dealkylation sites (N-methyl/N-ethyl adjacent to an activating group) is 1. The first-order valence-corrected chi connectivity index (χ1v) is 7.11. The monoisotopic (exact) mass is 328 g/mol. The van der Waals surface area contributed by atoms with Gasteiger partial charge in [-0.05, 0) is 61.4 Å². The fourth-order valence-electron chi connectivity index (χ4n) is 1.44. The van der Waals surface area contributed by atoms with Crippen LogP contribution < -0.4 is 15.4 Å². The average molecular weight is 329 g/mol. The van der Waals surface area contributed by atoms with E-state index in [-0.39, 0.29) is 11.9 Å². The maximum absolute atomic E-state index is 11.9. The third-order valence-corrected chi connectivity index (χ3v) is 3.46. The second-order valence-corrected chi connectivity index (χ2v) is 5.48. The van der Waals surface area contributed by atoms with E-state index >= 15 is 0 Å². The predicted octanol–water partition coefficient (Wildman–Crippen LogP) is 2.25. The highest BCUT2D eigenvalue weighted by atomic mass is 79.9. The molecular formula is C14H21BrN2O2. The zero-order valence-corrected chi connectivity index (χ0v) is 13.4. The van der Waals surface area contributed by atoms with Crippen molar-refractivity contribution >= 4 is 21.8 Å². The fraction of sp³-hybridized carbons (Fsp3) is 0.500. The zero-order valence-electron chi connectivity index (χ0n) is 11.8. The van der Waals surface area contributed by atoms with E-state index in [1.807, 2.05) is 39.1 Å². The summed E-state index contributed by atoms with van der Waals surface area (Å²) in [5.74, 6) is 0.560. The molecular weight excluding hydrogens is 308 g/mol. The van der Waals surface area contributed by atoms with Gasteiger partial charge in [-0.1, -0.05) is 6.07 Å². The lowest BCUT2D eigenvalue weighted by atomic mass is 10.2. The van der Waals surface area contributed by atoms with Gasteiger partial charge in [-0.2, -0.15) is 0 Å². The first kappa shape index (κ1) is 16.0. The summed E-state index contributed by atoms with van der Waals surface area (Å²) in [4.78, 5) is 11.9. The van der Waals surface area contributed by atoms with Crippen LogP contribution in [0.5, 0.6) is 5.75 Å². The molecule has 0 aliphatic rings. The van der Waals surface area contributed by atoms with E-state index < -0.39 is 6.10 Å². The number of hydrogen-bond donors (Lipinski definition) is 2. The Bertz CT molecular complexity index is 437. The number of halogens is 1. The molecule has 1 aromatic carbocycles. The molecule has 0 aliphatic heterocycles. The van der Waals surface area contributed by atoms with Crippen molar-refractivity contribution < 1.29 is 9.53 Å². The summed E-state index contributed by atoms with van der Waals surface area (Å²) in [6.07, 6.45) is -0.525. The summed E-state index contributed by atoms with van der Waals surface area (Å²) in [7, 11) is 1.86. The number of hydrogen-bond acceptors (Lipinski definition) is 3. The molecule has 0 fully saturated rings. The highest BCUT2D eigenvalue weighted by Gasteiger charge is 2.16. The van der Waals surface area contributed by atoms with E-state index in [4.69, 9.17) is 4.74 Å². The number of rotatable bonds is 6. The first-order chi connectivity index (χ1) is 8.93. The molecule has 0 saturated carbocycles. The Hall–Kier alpha value is -1.07. The summed E-state index contributed by atoms with van der Waals surface area (Å²) in [5, 5.41) is 5.90. The second kappa shape index (κ2) is 7.50. The maximum atomic E-state index is 11.9. The van der Waals surface area contributed by atoms with Crippen molar-refractivity contribution in [3.05, 3.63) is 28.2 Å². The minimum Gasteiger partial charge on any atom is -0.480 e. The molecule has 0 spiro atoms. The van der Waals surface area contributed by atoms with Crippen LogP contribution in [-0.4, -0.2) is 31.6 Å². The number of aryl methyl sites for hydroxylation is 1. The quantitative estimate of drug-likeness (QED) is 0.842. The molecule has 19 heavy (non-hydrogen) atoms. The van der Waals surface area contributed by atoms with E-state index in [9.17, 15) is 4.79 Å². The van der Waals surface area contributed by atoms with Crippen LogP contribution in [0.3, 0.4) is 0 Å². The number of carbonyl (C=O) groups is 1. The van der Waals surface area contributed by atoms with Gasteiger partial charge < -0.3 is 15.4 Å². The SMILES string of the molecule is CNC(C)CNC(=O)C(C)Oc1ccc(C)cc1Br. The Balaban J connectivity index is 2.54. The van der Waals surface area contributed by atoms with Crippen LogP contribution in [0.4, 0.5) is 0 Å². The van der Waals surface area contributed by atoms with Gasteiger partial charge in [0.1, 0.15) is 5.75 Å². The third kappa shape index (κ3) is 5.20. The molecule has 0 aromatic heterocycles.